The Morgan fingerprint density at radius 3 is 2.42 bits per heavy atom. The lowest BCUT2D eigenvalue weighted by molar-refractivity contribution is 0.102. The highest BCUT2D eigenvalue weighted by Crippen LogP contribution is 2.33. The molecule has 33 heavy (non-hydrogen) atoms. The predicted octanol–water partition coefficient (Wildman–Crippen LogP) is 7.11. The van der Waals surface area contributed by atoms with Crippen LogP contribution in [0.5, 0.6) is 11.5 Å². The number of ether oxygens (including phenoxy) is 1. The molecule has 5 rings (SSSR count). The maximum Gasteiger partial charge on any atom is 0.257 e. The van der Waals surface area contributed by atoms with Crippen LogP contribution in [-0.2, 0) is 0 Å². The fourth-order valence-electron chi connectivity index (χ4n) is 4.04. The van der Waals surface area contributed by atoms with Gasteiger partial charge in [-0.1, -0.05) is 53.8 Å². The van der Waals surface area contributed by atoms with E-state index < -0.39 is 0 Å². The third kappa shape index (κ3) is 5.29. The van der Waals surface area contributed by atoms with Crippen molar-refractivity contribution in [1.29, 1.82) is 0 Å². The van der Waals surface area contributed by atoms with Crippen molar-refractivity contribution in [3.63, 3.8) is 0 Å². The maximum atomic E-state index is 12.7. The molecule has 5 nitrogen and oxygen atoms in total. The molecule has 1 radical (unpaired) electrons. The van der Waals surface area contributed by atoms with Gasteiger partial charge in [0.2, 0.25) is 5.13 Å². The zero-order chi connectivity index (χ0) is 22.5. The summed E-state index contributed by atoms with van der Waals surface area (Å²) in [5, 5.41) is 12.5. The lowest BCUT2D eigenvalue weighted by Crippen LogP contribution is -2.12. The zero-order valence-corrected chi connectivity index (χ0v) is 18.9. The minimum atomic E-state index is -0.178. The number of nitrogens with one attached hydrogen (secondary N) is 1. The van der Waals surface area contributed by atoms with Crippen LogP contribution in [-0.4, -0.2) is 16.1 Å². The van der Waals surface area contributed by atoms with Crippen LogP contribution in [0.4, 0.5) is 5.13 Å². The molecule has 1 N–H and O–H groups in total. The van der Waals surface area contributed by atoms with Gasteiger partial charge < -0.3 is 4.74 Å². The van der Waals surface area contributed by atoms with Crippen LogP contribution in [0.3, 0.4) is 0 Å². The summed E-state index contributed by atoms with van der Waals surface area (Å²) >= 11 is 1.34. The first-order valence-corrected chi connectivity index (χ1v) is 12.0. The average molecular weight is 455 g/mol. The zero-order valence-electron chi connectivity index (χ0n) is 18.1. The van der Waals surface area contributed by atoms with Gasteiger partial charge in [-0.3, -0.25) is 10.1 Å². The second kappa shape index (κ2) is 9.96. The van der Waals surface area contributed by atoms with E-state index in [0.717, 1.165) is 17.1 Å². The Bertz CT molecular complexity index is 1220. The molecule has 0 spiro atoms. The van der Waals surface area contributed by atoms with E-state index in [4.69, 9.17) is 4.74 Å². The second-order valence-electron chi connectivity index (χ2n) is 8.07. The number of rotatable bonds is 6. The van der Waals surface area contributed by atoms with Gasteiger partial charge in [-0.05, 0) is 80.0 Å². The monoisotopic (exact) mass is 454 g/mol. The Labute approximate surface area is 197 Å². The van der Waals surface area contributed by atoms with Crippen LogP contribution in [0.25, 0.3) is 10.6 Å². The Balaban J connectivity index is 1.24. The smallest absolute Gasteiger partial charge is 0.257 e. The molecule has 1 aliphatic carbocycles. The molecule has 1 fully saturated rings. The van der Waals surface area contributed by atoms with Gasteiger partial charge in [0.15, 0.2) is 0 Å². The quantitative estimate of drug-likeness (QED) is 0.337. The number of aromatic nitrogens is 2. The van der Waals surface area contributed by atoms with E-state index in [2.05, 4.69) is 34.1 Å². The predicted molar refractivity (Wildman–Crippen MR) is 132 cm³/mol. The van der Waals surface area contributed by atoms with Crippen molar-refractivity contribution in [2.45, 2.75) is 31.6 Å². The molecule has 1 aliphatic rings. The number of hydrogen-bond acceptors (Lipinski definition) is 5. The van der Waals surface area contributed by atoms with Gasteiger partial charge in [0, 0.05) is 11.1 Å². The van der Waals surface area contributed by atoms with Crippen LogP contribution in [0, 0.1) is 6.42 Å². The number of hydrogen-bond donors (Lipinski definition) is 1. The highest BCUT2D eigenvalue weighted by Gasteiger charge is 2.17. The van der Waals surface area contributed by atoms with Gasteiger partial charge in [0.1, 0.15) is 16.5 Å². The Kier molecular flexibility index (Phi) is 6.44. The fourth-order valence-corrected chi connectivity index (χ4v) is 4.78. The van der Waals surface area contributed by atoms with E-state index in [9.17, 15) is 4.79 Å². The van der Waals surface area contributed by atoms with E-state index >= 15 is 0 Å². The highest BCUT2D eigenvalue weighted by molar-refractivity contribution is 7.18. The Morgan fingerprint density at radius 1 is 0.879 bits per heavy atom. The molecule has 0 aliphatic heterocycles. The number of anilines is 1. The van der Waals surface area contributed by atoms with E-state index in [1.807, 2.05) is 66.7 Å². The Hall–Kier alpha value is -3.51. The normalized spacial score (nSPS) is 14.1. The minimum absolute atomic E-state index is 0.178. The molecular weight excluding hydrogens is 430 g/mol. The molecule has 4 aromatic rings. The topological polar surface area (TPSA) is 64.1 Å². The molecule has 165 valence electrons. The summed E-state index contributed by atoms with van der Waals surface area (Å²) in [5.41, 5.74) is 2.82. The third-order valence-corrected chi connectivity index (χ3v) is 6.68. The van der Waals surface area contributed by atoms with Gasteiger partial charge in [-0.2, -0.15) is 0 Å². The van der Waals surface area contributed by atoms with E-state index in [0.29, 0.717) is 21.6 Å². The molecule has 1 heterocycles. The molecule has 0 bridgehead atoms. The molecule has 1 saturated carbocycles. The van der Waals surface area contributed by atoms with Crippen LogP contribution in [0.2, 0.25) is 0 Å². The van der Waals surface area contributed by atoms with E-state index in [1.165, 1.54) is 42.6 Å². The lowest BCUT2D eigenvalue weighted by atomic mass is 9.84. The molecular formula is C27H24N3O2S. The number of benzene rings is 3. The third-order valence-electron chi connectivity index (χ3n) is 5.79. The summed E-state index contributed by atoms with van der Waals surface area (Å²) < 4.78 is 5.91. The Morgan fingerprint density at radius 2 is 1.64 bits per heavy atom. The van der Waals surface area contributed by atoms with Crippen molar-refractivity contribution >= 4 is 22.4 Å². The van der Waals surface area contributed by atoms with Crippen molar-refractivity contribution in [2.75, 3.05) is 5.32 Å². The van der Waals surface area contributed by atoms with Crippen LogP contribution in [0.15, 0.2) is 78.9 Å². The second-order valence-corrected chi connectivity index (χ2v) is 9.05. The largest absolute Gasteiger partial charge is 0.457 e. The average Bonchev–Trinajstić information content (AvgIpc) is 3.34. The van der Waals surface area contributed by atoms with Gasteiger partial charge in [0.05, 0.1) is 0 Å². The van der Waals surface area contributed by atoms with Gasteiger partial charge in [-0.25, -0.2) is 0 Å². The summed E-state index contributed by atoms with van der Waals surface area (Å²) in [4.78, 5) is 12.7. The summed E-state index contributed by atoms with van der Waals surface area (Å²) in [6, 6.07) is 25.3. The SMILES string of the molecule is O=C(Nc1nnc(-c2cccc(Oc3ccccc3)c2)s1)c1ccc(C2CC[CH]CC2)cc1. The molecule has 6 heteroatoms. The summed E-state index contributed by atoms with van der Waals surface area (Å²) in [5.74, 6) is 1.91. The van der Waals surface area contributed by atoms with E-state index in [1.54, 1.807) is 0 Å². The van der Waals surface area contributed by atoms with Crippen molar-refractivity contribution in [1.82, 2.24) is 10.2 Å². The van der Waals surface area contributed by atoms with Gasteiger partial charge in [0.25, 0.3) is 5.91 Å². The molecule has 0 atom stereocenters. The van der Waals surface area contributed by atoms with Crippen LogP contribution < -0.4 is 10.1 Å². The number of nitrogens with zero attached hydrogens (tertiary/aromatic N) is 2. The summed E-state index contributed by atoms with van der Waals surface area (Å²) in [6.45, 7) is 0. The summed E-state index contributed by atoms with van der Waals surface area (Å²) in [6.07, 6.45) is 7.09. The molecule has 3 aromatic carbocycles. The van der Waals surface area contributed by atoms with Crippen LogP contribution in [0.1, 0.15) is 47.5 Å². The number of para-hydroxylation sites is 1. The first-order valence-electron chi connectivity index (χ1n) is 11.1. The highest BCUT2D eigenvalue weighted by atomic mass is 32.1. The van der Waals surface area contributed by atoms with Crippen molar-refractivity contribution < 1.29 is 9.53 Å². The fraction of sp³-hybridized carbons (Fsp3) is 0.185. The number of carbonyl (C=O) groups is 1. The van der Waals surface area contributed by atoms with Gasteiger partial charge >= 0.3 is 0 Å². The molecule has 1 amide bonds. The van der Waals surface area contributed by atoms with E-state index in [-0.39, 0.29) is 5.91 Å². The van der Waals surface area contributed by atoms with Crippen molar-refractivity contribution in [3.05, 3.63) is 96.4 Å². The number of amides is 1. The lowest BCUT2D eigenvalue weighted by Gasteiger charge is -2.21. The number of carbonyl (C=O) groups excluding carboxylic acids is 1. The first kappa shape index (κ1) is 21.3. The molecule has 0 unspecified atom stereocenters. The van der Waals surface area contributed by atoms with Gasteiger partial charge in [-0.15, -0.1) is 10.2 Å². The van der Waals surface area contributed by atoms with Crippen molar-refractivity contribution in [2.24, 2.45) is 0 Å². The molecule has 0 saturated heterocycles. The standard InChI is InChI=1S/C27H24N3O2S/c31-25(21-16-14-20(15-17-21)19-8-3-1-4-9-19)28-27-30-29-26(33-27)22-10-7-13-24(18-22)32-23-11-5-2-6-12-23/h1-2,5-7,10-19H,3-4,8-9H2,(H,28,30,31). The maximum absolute atomic E-state index is 12.7. The van der Waals surface area contributed by atoms with Crippen molar-refractivity contribution in [3.8, 4) is 22.1 Å². The summed E-state index contributed by atoms with van der Waals surface area (Å²) in [7, 11) is 0. The first-order chi connectivity index (χ1) is 16.2. The molecule has 1 aromatic heterocycles. The van der Waals surface area contributed by atoms with Crippen LogP contribution >= 0.6 is 11.3 Å². The minimum Gasteiger partial charge on any atom is -0.457 e.